The van der Waals surface area contributed by atoms with Crippen molar-refractivity contribution in [2.24, 2.45) is 5.92 Å². The minimum absolute atomic E-state index is 0.166. The Kier molecular flexibility index (Phi) is 6.56. The zero-order valence-electron chi connectivity index (χ0n) is 18.1. The molecule has 5 rings (SSSR count). The summed E-state index contributed by atoms with van der Waals surface area (Å²) < 4.78 is 11.7. The molecule has 6 heteroatoms. The van der Waals surface area contributed by atoms with E-state index < -0.39 is 6.09 Å². The van der Waals surface area contributed by atoms with Crippen molar-refractivity contribution in [1.82, 2.24) is 0 Å². The molecule has 0 aromatic heterocycles. The summed E-state index contributed by atoms with van der Waals surface area (Å²) >= 11 is 0. The smallest absolute Gasteiger partial charge is 0.412 e. The lowest BCUT2D eigenvalue weighted by Gasteiger charge is -2.51. The van der Waals surface area contributed by atoms with E-state index in [2.05, 4.69) is 17.4 Å². The van der Waals surface area contributed by atoms with E-state index in [1.807, 2.05) is 49.4 Å². The van der Waals surface area contributed by atoms with Crippen LogP contribution in [-0.2, 0) is 20.7 Å². The molecule has 3 fully saturated rings. The van der Waals surface area contributed by atoms with Gasteiger partial charge < -0.3 is 14.0 Å². The number of amides is 1. The number of hydrogen-bond donors (Lipinski definition) is 1. The fourth-order valence-corrected chi connectivity index (χ4v) is 4.95. The van der Waals surface area contributed by atoms with Gasteiger partial charge in [-0.2, -0.15) is 0 Å². The van der Waals surface area contributed by atoms with Gasteiger partial charge >= 0.3 is 12.1 Å². The number of para-hydroxylation sites is 1. The number of carbonyl (C=O) groups excluding carboxylic acids is 2. The lowest BCUT2D eigenvalue weighted by Crippen LogP contribution is -2.66. The van der Waals surface area contributed by atoms with Gasteiger partial charge in [-0.15, -0.1) is 0 Å². The molecule has 6 nitrogen and oxygen atoms in total. The monoisotopic (exact) mass is 423 g/mol. The predicted molar refractivity (Wildman–Crippen MR) is 119 cm³/mol. The summed E-state index contributed by atoms with van der Waals surface area (Å²) in [6.45, 7) is 5.17. The Bertz CT molecular complexity index is 907. The van der Waals surface area contributed by atoms with Crippen LogP contribution in [0.4, 0.5) is 10.5 Å². The third-order valence-corrected chi connectivity index (χ3v) is 6.56. The van der Waals surface area contributed by atoms with E-state index in [4.69, 9.17) is 9.47 Å². The van der Waals surface area contributed by atoms with Crippen molar-refractivity contribution in [3.8, 4) is 0 Å². The summed E-state index contributed by atoms with van der Waals surface area (Å²) in [5, 5.41) is 2.95. The number of quaternary nitrogens is 1. The van der Waals surface area contributed by atoms with Crippen molar-refractivity contribution in [3.63, 3.8) is 0 Å². The van der Waals surface area contributed by atoms with Crippen LogP contribution in [0.1, 0.15) is 30.9 Å². The first-order chi connectivity index (χ1) is 15.1. The number of anilines is 1. The molecule has 1 unspecified atom stereocenters. The van der Waals surface area contributed by atoms with E-state index >= 15 is 0 Å². The molecule has 3 saturated heterocycles. The van der Waals surface area contributed by atoms with Crippen LogP contribution in [0, 0.1) is 5.92 Å². The molecule has 2 aromatic rings. The van der Waals surface area contributed by atoms with Crippen LogP contribution in [0.3, 0.4) is 0 Å². The Morgan fingerprint density at radius 3 is 2.48 bits per heavy atom. The van der Waals surface area contributed by atoms with Crippen LogP contribution in [0.2, 0.25) is 0 Å². The Morgan fingerprint density at radius 2 is 1.74 bits per heavy atom. The largest absolute Gasteiger partial charge is 0.462 e. The summed E-state index contributed by atoms with van der Waals surface area (Å²) in [6, 6.07) is 18.0. The van der Waals surface area contributed by atoms with Gasteiger partial charge in [0.15, 0.2) is 12.6 Å². The number of nitrogens with zero attached hydrogens (tertiary/aromatic N) is 1. The SMILES string of the molecule is CCOC(=O)C[N+]12CCC(CC1)C(OC(=O)Nc1ccccc1Cc1ccccc1)C2. The number of fused-ring (bicyclic) bond motifs is 3. The van der Waals surface area contributed by atoms with Gasteiger partial charge in [0.1, 0.15) is 6.54 Å². The predicted octanol–water partition coefficient (Wildman–Crippen LogP) is 4.00. The quantitative estimate of drug-likeness (QED) is 0.540. The van der Waals surface area contributed by atoms with E-state index in [0.717, 1.165) is 43.6 Å². The first-order valence-electron chi connectivity index (χ1n) is 11.2. The van der Waals surface area contributed by atoms with Crippen molar-refractivity contribution in [2.75, 3.05) is 38.1 Å². The Morgan fingerprint density at radius 1 is 1.03 bits per heavy atom. The van der Waals surface area contributed by atoms with Crippen LogP contribution in [0.5, 0.6) is 0 Å². The molecule has 3 heterocycles. The summed E-state index contributed by atoms with van der Waals surface area (Å²) in [5.41, 5.74) is 3.01. The second-order valence-electron chi connectivity index (χ2n) is 8.66. The zero-order chi connectivity index (χ0) is 21.7. The molecule has 0 aliphatic carbocycles. The zero-order valence-corrected chi connectivity index (χ0v) is 18.1. The third kappa shape index (κ3) is 5.25. The maximum absolute atomic E-state index is 12.8. The van der Waals surface area contributed by atoms with Gasteiger partial charge in [-0.05, 0) is 30.5 Å². The molecule has 1 atom stereocenters. The highest BCUT2D eigenvalue weighted by Crippen LogP contribution is 2.35. The maximum atomic E-state index is 12.8. The number of carbonyl (C=O) groups is 2. The number of piperidine rings is 3. The summed E-state index contributed by atoms with van der Waals surface area (Å²) in [7, 11) is 0. The van der Waals surface area contributed by atoms with E-state index in [-0.39, 0.29) is 12.1 Å². The van der Waals surface area contributed by atoms with Gasteiger partial charge in [-0.25, -0.2) is 9.59 Å². The number of rotatable bonds is 7. The molecular weight excluding hydrogens is 392 g/mol. The van der Waals surface area contributed by atoms with E-state index in [1.165, 1.54) is 5.56 Å². The molecule has 0 spiro atoms. The van der Waals surface area contributed by atoms with Gasteiger partial charge in [0, 0.05) is 24.4 Å². The topological polar surface area (TPSA) is 64.6 Å². The van der Waals surface area contributed by atoms with Crippen molar-refractivity contribution >= 4 is 17.7 Å². The molecule has 31 heavy (non-hydrogen) atoms. The molecule has 0 saturated carbocycles. The van der Waals surface area contributed by atoms with Crippen LogP contribution in [-0.4, -0.2) is 55.4 Å². The molecule has 1 amide bonds. The van der Waals surface area contributed by atoms with Crippen molar-refractivity contribution < 1.29 is 23.5 Å². The fourth-order valence-electron chi connectivity index (χ4n) is 4.95. The number of nitrogens with one attached hydrogen (secondary N) is 1. The molecular formula is C25H31N2O4+. The molecule has 164 valence electrons. The van der Waals surface area contributed by atoms with Gasteiger partial charge in [-0.3, -0.25) is 5.32 Å². The van der Waals surface area contributed by atoms with Crippen LogP contribution >= 0.6 is 0 Å². The highest BCUT2D eigenvalue weighted by molar-refractivity contribution is 5.86. The van der Waals surface area contributed by atoms with Crippen molar-refractivity contribution in [2.45, 2.75) is 32.3 Å². The second kappa shape index (κ2) is 9.52. The van der Waals surface area contributed by atoms with Gasteiger partial charge in [-0.1, -0.05) is 48.5 Å². The lowest BCUT2D eigenvalue weighted by atomic mass is 9.83. The normalized spacial score (nSPS) is 24.4. The number of hydrogen-bond acceptors (Lipinski definition) is 4. The van der Waals surface area contributed by atoms with Gasteiger partial charge in [0.2, 0.25) is 0 Å². The fraction of sp³-hybridized carbons (Fsp3) is 0.440. The Hall–Kier alpha value is -2.86. The van der Waals surface area contributed by atoms with Crippen molar-refractivity contribution in [3.05, 3.63) is 65.7 Å². The average Bonchev–Trinajstić information content (AvgIpc) is 2.76. The van der Waals surface area contributed by atoms with Gasteiger partial charge in [0.25, 0.3) is 0 Å². The summed E-state index contributed by atoms with van der Waals surface area (Å²) in [6.07, 6.45) is 2.10. The van der Waals surface area contributed by atoms with Crippen LogP contribution in [0.15, 0.2) is 54.6 Å². The highest BCUT2D eigenvalue weighted by atomic mass is 16.6. The molecule has 3 aliphatic heterocycles. The van der Waals surface area contributed by atoms with E-state index in [0.29, 0.717) is 30.1 Å². The molecule has 3 aliphatic rings. The van der Waals surface area contributed by atoms with E-state index in [1.54, 1.807) is 0 Å². The van der Waals surface area contributed by atoms with E-state index in [9.17, 15) is 9.59 Å². The lowest BCUT2D eigenvalue weighted by molar-refractivity contribution is -0.939. The van der Waals surface area contributed by atoms with Gasteiger partial charge in [0.05, 0.1) is 19.7 Å². The third-order valence-electron chi connectivity index (χ3n) is 6.56. The summed E-state index contributed by atoms with van der Waals surface area (Å²) in [4.78, 5) is 24.9. The van der Waals surface area contributed by atoms with Crippen molar-refractivity contribution in [1.29, 1.82) is 0 Å². The number of benzene rings is 2. The minimum atomic E-state index is -0.423. The molecule has 2 aromatic carbocycles. The molecule has 1 N–H and O–H groups in total. The average molecular weight is 424 g/mol. The summed E-state index contributed by atoms with van der Waals surface area (Å²) in [5.74, 6) is 0.202. The number of ether oxygens (including phenoxy) is 2. The Labute approximate surface area is 183 Å². The second-order valence-corrected chi connectivity index (χ2v) is 8.66. The van der Waals surface area contributed by atoms with Crippen LogP contribution < -0.4 is 5.32 Å². The standard InChI is InChI=1S/C25H30N2O4/c1-2-30-24(28)18-27-14-12-20(13-15-27)23(17-27)31-25(29)26-22-11-7-6-10-21(22)16-19-8-4-3-5-9-19/h3-11,20,23H,2,12-18H2,1H3/p+1. The Balaban J connectivity index is 1.39. The maximum Gasteiger partial charge on any atom is 0.412 e. The molecule has 2 bridgehead atoms. The highest BCUT2D eigenvalue weighted by Gasteiger charge is 2.48. The minimum Gasteiger partial charge on any atom is -0.462 e. The first-order valence-corrected chi connectivity index (χ1v) is 11.2. The number of esters is 1. The first kappa shape index (κ1) is 21.4. The van der Waals surface area contributed by atoms with Crippen LogP contribution in [0.25, 0.3) is 0 Å². The molecule has 0 radical (unpaired) electrons.